The van der Waals surface area contributed by atoms with Gasteiger partial charge < -0.3 is 14.4 Å². The lowest BCUT2D eigenvalue weighted by atomic mass is 10.2. The molecular formula is C20H28N2O3S. The third kappa shape index (κ3) is 4.75. The van der Waals surface area contributed by atoms with Gasteiger partial charge in [0.1, 0.15) is 5.76 Å². The maximum Gasteiger partial charge on any atom is 0.289 e. The van der Waals surface area contributed by atoms with Crippen LogP contribution in [0.15, 0.2) is 28.0 Å². The second-order valence-electron chi connectivity index (χ2n) is 6.78. The van der Waals surface area contributed by atoms with Gasteiger partial charge in [0, 0.05) is 36.6 Å². The first-order chi connectivity index (χ1) is 12.7. The lowest BCUT2D eigenvalue weighted by Crippen LogP contribution is -2.31. The molecule has 1 aliphatic heterocycles. The number of aliphatic hydroxyl groups excluding tert-OH is 1. The third-order valence-corrected chi connectivity index (χ3v) is 5.68. The number of hydrogen-bond donors (Lipinski definition) is 1. The van der Waals surface area contributed by atoms with E-state index in [1.54, 1.807) is 16.2 Å². The Balaban J connectivity index is 1.75. The van der Waals surface area contributed by atoms with Crippen LogP contribution in [0.5, 0.6) is 0 Å². The fourth-order valence-electron chi connectivity index (χ4n) is 3.45. The molecule has 1 fully saturated rings. The molecule has 0 saturated carbocycles. The topological polar surface area (TPSA) is 56.9 Å². The molecule has 1 N–H and O–H groups in total. The molecule has 0 spiro atoms. The van der Waals surface area contributed by atoms with Crippen molar-refractivity contribution in [3.8, 4) is 0 Å². The molecule has 1 amide bonds. The Hall–Kier alpha value is -1.63. The smallest absolute Gasteiger partial charge is 0.289 e. The Bertz CT molecular complexity index is 690. The molecule has 1 aliphatic rings. The van der Waals surface area contributed by atoms with Crippen molar-refractivity contribution in [2.45, 2.75) is 45.7 Å². The van der Waals surface area contributed by atoms with Gasteiger partial charge in [-0.2, -0.15) is 0 Å². The number of nitrogens with zero attached hydrogens (tertiary/aromatic N) is 2. The van der Waals surface area contributed by atoms with Gasteiger partial charge in [-0.3, -0.25) is 9.69 Å². The van der Waals surface area contributed by atoms with Gasteiger partial charge in [-0.15, -0.1) is 11.3 Å². The van der Waals surface area contributed by atoms with E-state index >= 15 is 0 Å². The van der Waals surface area contributed by atoms with Crippen LogP contribution in [-0.2, 0) is 19.5 Å². The Morgan fingerprint density at radius 3 is 2.85 bits per heavy atom. The van der Waals surface area contributed by atoms with Crippen LogP contribution < -0.4 is 0 Å². The normalized spacial score (nSPS) is 14.8. The minimum Gasteiger partial charge on any atom is -0.456 e. The fourth-order valence-corrected chi connectivity index (χ4v) is 4.17. The molecule has 142 valence electrons. The molecule has 5 nitrogen and oxygen atoms in total. The van der Waals surface area contributed by atoms with Crippen molar-refractivity contribution in [3.05, 3.63) is 45.5 Å². The van der Waals surface area contributed by atoms with Crippen LogP contribution in [-0.4, -0.2) is 47.1 Å². The molecule has 0 aromatic carbocycles. The summed E-state index contributed by atoms with van der Waals surface area (Å²) in [5, 5.41) is 11.2. The number of furan rings is 1. The van der Waals surface area contributed by atoms with Crippen LogP contribution in [0, 0.1) is 0 Å². The quantitative estimate of drug-likeness (QED) is 0.727. The molecule has 2 aromatic heterocycles. The van der Waals surface area contributed by atoms with Crippen molar-refractivity contribution in [2.24, 2.45) is 0 Å². The SMILES string of the molecule is CCc1oc(C(=O)N(CCCO)Cc2cccs2)cc1CN1CCCC1. The summed E-state index contributed by atoms with van der Waals surface area (Å²) in [6, 6.07) is 5.95. The lowest BCUT2D eigenvalue weighted by molar-refractivity contribution is 0.0700. The van der Waals surface area contributed by atoms with E-state index in [9.17, 15) is 9.90 Å². The van der Waals surface area contributed by atoms with Crippen LogP contribution in [0.1, 0.15) is 52.9 Å². The maximum absolute atomic E-state index is 13.0. The van der Waals surface area contributed by atoms with Crippen molar-refractivity contribution in [1.29, 1.82) is 0 Å². The summed E-state index contributed by atoms with van der Waals surface area (Å²) in [6.07, 6.45) is 3.86. The van der Waals surface area contributed by atoms with Gasteiger partial charge in [-0.05, 0) is 49.9 Å². The van der Waals surface area contributed by atoms with Gasteiger partial charge in [-0.25, -0.2) is 0 Å². The number of amides is 1. The molecule has 3 heterocycles. The minimum atomic E-state index is -0.0887. The second kappa shape index (κ2) is 9.35. The Labute approximate surface area is 159 Å². The highest BCUT2D eigenvalue weighted by molar-refractivity contribution is 7.09. The molecule has 0 radical (unpaired) electrons. The van der Waals surface area contributed by atoms with E-state index in [4.69, 9.17) is 4.42 Å². The monoisotopic (exact) mass is 376 g/mol. The van der Waals surface area contributed by atoms with Crippen LogP contribution in [0.4, 0.5) is 0 Å². The molecule has 3 rings (SSSR count). The summed E-state index contributed by atoms with van der Waals surface area (Å²) in [7, 11) is 0. The number of rotatable bonds is 9. The maximum atomic E-state index is 13.0. The summed E-state index contributed by atoms with van der Waals surface area (Å²) < 4.78 is 5.94. The molecule has 1 saturated heterocycles. The lowest BCUT2D eigenvalue weighted by Gasteiger charge is -2.20. The van der Waals surface area contributed by atoms with E-state index in [1.165, 1.54) is 12.8 Å². The van der Waals surface area contributed by atoms with E-state index in [2.05, 4.69) is 11.8 Å². The molecule has 0 atom stereocenters. The zero-order valence-electron chi connectivity index (χ0n) is 15.4. The number of carbonyl (C=O) groups is 1. The number of hydrogen-bond acceptors (Lipinski definition) is 5. The molecule has 2 aromatic rings. The minimum absolute atomic E-state index is 0.0762. The van der Waals surface area contributed by atoms with E-state index in [-0.39, 0.29) is 12.5 Å². The average Bonchev–Trinajstić information content (AvgIpc) is 3.40. The van der Waals surface area contributed by atoms with Crippen LogP contribution >= 0.6 is 11.3 Å². The summed E-state index contributed by atoms with van der Waals surface area (Å²) in [5.74, 6) is 1.25. The first kappa shape index (κ1) is 19.1. The number of thiophene rings is 1. The summed E-state index contributed by atoms with van der Waals surface area (Å²) in [5.41, 5.74) is 1.14. The van der Waals surface area contributed by atoms with Crippen molar-refractivity contribution in [3.63, 3.8) is 0 Å². The predicted octanol–water partition coefficient (Wildman–Crippen LogP) is 3.52. The zero-order chi connectivity index (χ0) is 18.4. The van der Waals surface area contributed by atoms with Crippen LogP contribution in [0.3, 0.4) is 0 Å². The van der Waals surface area contributed by atoms with E-state index in [0.29, 0.717) is 25.3 Å². The first-order valence-corrected chi connectivity index (χ1v) is 10.4. The Morgan fingerprint density at radius 2 is 2.19 bits per heavy atom. The number of carbonyl (C=O) groups excluding carboxylic acids is 1. The molecule has 0 unspecified atom stereocenters. The van der Waals surface area contributed by atoms with Gasteiger partial charge in [-0.1, -0.05) is 13.0 Å². The third-order valence-electron chi connectivity index (χ3n) is 4.82. The van der Waals surface area contributed by atoms with Gasteiger partial charge in [0.2, 0.25) is 0 Å². The summed E-state index contributed by atoms with van der Waals surface area (Å²) >= 11 is 1.64. The zero-order valence-corrected chi connectivity index (χ0v) is 16.3. The van der Waals surface area contributed by atoms with Crippen molar-refractivity contribution < 1.29 is 14.3 Å². The molecule has 0 aliphatic carbocycles. The van der Waals surface area contributed by atoms with Crippen LogP contribution in [0.25, 0.3) is 0 Å². The Kier molecular flexibility index (Phi) is 6.88. The van der Waals surface area contributed by atoms with Gasteiger partial charge >= 0.3 is 0 Å². The predicted molar refractivity (Wildman–Crippen MR) is 103 cm³/mol. The molecule has 6 heteroatoms. The first-order valence-electron chi connectivity index (χ1n) is 9.47. The highest BCUT2D eigenvalue weighted by Crippen LogP contribution is 2.23. The van der Waals surface area contributed by atoms with Crippen LogP contribution in [0.2, 0.25) is 0 Å². The summed E-state index contributed by atoms with van der Waals surface area (Å²) in [6.45, 7) is 6.33. The molecular weight excluding hydrogens is 348 g/mol. The van der Waals surface area contributed by atoms with Gasteiger partial charge in [0.25, 0.3) is 5.91 Å². The summed E-state index contributed by atoms with van der Waals surface area (Å²) in [4.78, 5) is 18.4. The van der Waals surface area contributed by atoms with Gasteiger partial charge in [0.05, 0.1) is 6.54 Å². The highest BCUT2D eigenvalue weighted by Gasteiger charge is 2.23. The standard InChI is InChI=1S/C20H28N2O3S/c1-2-18-16(14-21-8-3-4-9-21)13-19(25-18)20(24)22(10-6-11-23)15-17-7-5-12-26-17/h5,7,12-13,23H,2-4,6,8-11,14-15H2,1H3. The average molecular weight is 377 g/mol. The van der Waals surface area contributed by atoms with E-state index in [0.717, 1.165) is 42.3 Å². The number of aryl methyl sites for hydroxylation is 1. The Morgan fingerprint density at radius 1 is 1.38 bits per heavy atom. The van der Waals surface area contributed by atoms with E-state index < -0.39 is 0 Å². The van der Waals surface area contributed by atoms with Crippen molar-refractivity contribution in [1.82, 2.24) is 9.80 Å². The second-order valence-corrected chi connectivity index (χ2v) is 7.81. The van der Waals surface area contributed by atoms with Crippen molar-refractivity contribution >= 4 is 17.2 Å². The van der Waals surface area contributed by atoms with Crippen molar-refractivity contribution in [2.75, 3.05) is 26.2 Å². The van der Waals surface area contributed by atoms with Gasteiger partial charge in [0.15, 0.2) is 5.76 Å². The fraction of sp³-hybridized carbons (Fsp3) is 0.550. The highest BCUT2D eigenvalue weighted by atomic mass is 32.1. The largest absolute Gasteiger partial charge is 0.456 e. The number of likely N-dealkylation sites (tertiary alicyclic amines) is 1. The van der Waals surface area contributed by atoms with E-state index in [1.807, 2.05) is 23.6 Å². The number of aliphatic hydroxyl groups is 1. The molecule has 0 bridgehead atoms. The molecule has 26 heavy (non-hydrogen) atoms.